The number of carboxylic acid groups (broad SMARTS) is 1. The molecule has 0 saturated carbocycles. The molecule has 39 heteroatoms. The Morgan fingerprint density at radius 3 is 0.806 bits per heavy atom. The van der Waals surface area contributed by atoms with Crippen LogP contribution < -0.4 is 129 Å². The van der Waals surface area contributed by atoms with Crippen molar-refractivity contribution in [1.29, 1.82) is 0 Å². The van der Waals surface area contributed by atoms with Gasteiger partial charge in [0.15, 0.2) is 35.8 Å². The third-order valence-corrected chi connectivity index (χ3v) is 14.1. The van der Waals surface area contributed by atoms with Crippen LogP contribution in [0.3, 0.4) is 0 Å². The summed E-state index contributed by atoms with van der Waals surface area (Å²) >= 11 is 0. The zero-order valence-electron chi connectivity index (χ0n) is 53.8. The molecule has 0 aromatic heterocycles. The minimum Gasteiger partial charge on any atom is -0.480 e. The minimum atomic E-state index is -1.46. The number of unbranched alkanes of at least 4 members (excludes halogenated alkanes) is 2. The van der Waals surface area contributed by atoms with Crippen LogP contribution in [0.1, 0.15) is 136 Å². The number of hydrogen-bond donors (Lipinski definition) is 24. The van der Waals surface area contributed by atoms with E-state index < -0.39 is 114 Å². The Bertz CT molecular complexity index is 2490. The van der Waals surface area contributed by atoms with Gasteiger partial charge in [0.2, 0.25) is 47.3 Å². The second-order valence-corrected chi connectivity index (χ2v) is 22.0. The standard InChI is InChI=1S/C54H109N29O10/c1-3-30(2)39(47(91)81-36(19-11-27-73-52(64)65)44(88)79-35(18-10-26-72-51(62)63)45(89)82-38(48(92)93)21-13-29-75-54(68)69)83-46(90)37(20-12-28-74-53(66)67)80-43(87)34(17-9-25-71-50(60)61)78-42(86)33(16-5-7-23-56)77-41(85)32(15-4-6-22-55)76-40(84)31(57)14-8-24-70-49(58)59/h30-39H,3-29,55-57H2,1-2H3,(H,76,84)(H,77,85)(H,78,86)(H,79,88)(H,80,87)(H,81,91)(H,82,89)(H,83,90)(H,92,93)(H4,58,59,70)(H4,60,61,71)(H4,62,63,72)(H4,64,65,73)(H4,66,67,74)(H4,68,69,75)/t30-,31+,32-,33-,34-,35-,36-,37+,38+,39-/m0/s1. The molecule has 10 atom stereocenters. The Kier molecular flexibility index (Phi) is 43.7. The van der Waals surface area contributed by atoms with Crippen molar-refractivity contribution in [1.82, 2.24) is 42.5 Å². The fourth-order valence-electron chi connectivity index (χ4n) is 8.88. The lowest BCUT2D eigenvalue weighted by Gasteiger charge is -2.30. The molecule has 0 saturated heterocycles. The molecular weight excluding hydrogens is 1210 g/mol. The Hall–Kier alpha value is -9.27. The number of rotatable bonds is 51. The summed E-state index contributed by atoms with van der Waals surface area (Å²) in [5.74, 6) is -10.0. The maximum Gasteiger partial charge on any atom is 0.326 e. The van der Waals surface area contributed by atoms with Gasteiger partial charge in [-0.15, -0.1) is 0 Å². The molecule has 0 unspecified atom stereocenters. The molecule has 8 amide bonds. The van der Waals surface area contributed by atoms with Crippen LogP contribution in [-0.2, 0) is 43.2 Å². The summed E-state index contributed by atoms with van der Waals surface area (Å²) in [5.41, 5.74) is 83.8. The first kappa shape index (κ1) is 83.7. The highest BCUT2D eigenvalue weighted by atomic mass is 16.4. The molecule has 0 spiro atoms. The lowest BCUT2D eigenvalue weighted by atomic mass is 9.96. The van der Waals surface area contributed by atoms with Gasteiger partial charge < -0.3 is 134 Å². The van der Waals surface area contributed by atoms with E-state index in [2.05, 4.69) is 72.5 Å². The third kappa shape index (κ3) is 39.6. The fourth-order valence-corrected chi connectivity index (χ4v) is 8.88. The van der Waals surface area contributed by atoms with Gasteiger partial charge in [-0.3, -0.25) is 68.3 Å². The molecule has 0 bridgehead atoms. The zero-order chi connectivity index (χ0) is 70.4. The van der Waals surface area contributed by atoms with Gasteiger partial charge in [-0.05, 0) is 135 Å². The summed E-state index contributed by atoms with van der Waals surface area (Å²) in [6, 6.07) is -12.1. The van der Waals surface area contributed by atoms with Crippen molar-refractivity contribution in [2.45, 2.75) is 190 Å². The first-order valence-electron chi connectivity index (χ1n) is 31.1. The lowest BCUT2D eigenvalue weighted by molar-refractivity contribution is -0.142. The van der Waals surface area contributed by atoms with E-state index in [-0.39, 0.29) is 171 Å². The minimum absolute atomic E-state index is 0.00192. The number of carboxylic acids is 1. The van der Waals surface area contributed by atoms with Gasteiger partial charge >= 0.3 is 5.97 Å². The van der Waals surface area contributed by atoms with Crippen molar-refractivity contribution in [2.75, 3.05) is 52.4 Å². The van der Waals surface area contributed by atoms with Gasteiger partial charge in [0.1, 0.15) is 48.3 Å². The van der Waals surface area contributed by atoms with Crippen molar-refractivity contribution >= 4 is 89.0 Å². The molecule has 0 aromatic carbocycles. The van der Waals surface area contributed by atoms with Crippen molar-refractivity contribution < 1.29 is 48.3 Å². The first-order chi connectivity index (χ1) is 44.0. The third-order valence-electron chi connectivity index (χ3n) is 14.1. The van der Waals surface area contributed by atoms with Gasteiger partial charge in [-0.25, -0.2) is 4.79 Å². The molecule has 39 N–H and O–H groups in total. The molecule has 0 aromatic rings. The Morgan fingerprint density at radius 2 is 0.548 bits per heavy atom. The van der Waals surface area contributed by atoms with Gasteiger partial charge in [0, 0.05) is 39.3 Å². The normalized spacial score (nSPS) is 14.0. The summed E-state index contributed by atoms with van der Waals surface area (Å²) < 4.78 is 0. The van der Waals surface area contributed by atoms with Crippen LogP contribution in [0, 0.1) is 5.92 Å². The Balaban J connectivity index is 7.40. The molecule has 39 nitrogen and oxygen atoms in total. The number of carbonyl (C=O) groups excluding carboxylic acids is 8. The van der Waals surface area contributed by atoms with E-state index in [4.69, 9.17) is 86.0 Å². The molecular formula is C54H109N29O10. The molecule has 0 radical (unpaired) electrons. The first-order valence-corrected chi connectivity index (χ1v) is 31.1. The monoisotopic (exact) mass is 1320 g/mol. The average Bonchev–Trinajstić information content (AvgIpc) is 0.954. The van der Waals surface area contributed by atoms with Crippen molar-refractivity contribution in [3.05, 3.63) is 0 Å². The number of guanidine groups is 6. The van der Waals surface area contributed by atoms with E-state index in [0.717, 1.165) is 0 Å². The van der Waals surface area contributed by atoms with Crippen molar-refractivity contribution in [2.24, 2.45) is 122 Å². The average molecular weight is 1320 g/mol. The molecule has 530 valence electrons. The Morgan fingerprint density at radius 1 is 0.323 bits per heavy atom. The number of carbonyl (C=O) groups is 9. The molecule has 0 heterocycles. The molecule has 0 fully saturated rings. The number of aliphatic carboxylic acids is 1. The van der Waals surface area contributed by atoms with E-state index in [1.807, 2.05) is 0 Å². The predicted molar refractivity (Wildman–Crippen MR) is 356 cm³/mol. The second-order valence-electron chi connectivity index (χ2n) is 22.0. The van der Waals surface area contributed by atoms with Crippen molar-refractivity contribution in [3.8, 4) is 0 Å². The van der Waals surface area contributed by atoms with E-state index >= 15 is 0 Å². The largest absolute Gasteiger partial charge is 0.480 e. The van der Waals surface area contributed by atoms with E-state index in [9.17, 15) is 48.3 Å². The summed E-state index contributed by atoms with van der Waals surface area (Å²) in [4.78, 5) is 150. The molecule has 0 rings (SSSR count). The van der Waals surface area contributed by atoms with E-state index in [0.29, 0.717) is 38.6 Å². The highest BCUT2D eigenvalue weighted by molar-refractivity contribution is 5.98. The number of nitrogens with two attached hydrogens (primary N) is 15. The van der Waals surface area contributed by atoms with Gasteiger partial charge in [-0.2, -0.15) is 0 Å². The van der Waals surface area contributed by atoms with Crippen LogP contribution in [0.4, 0.5) is 0 Å². The summed E-state index contributed by atoms with van der Waals surface area (Å²) in [7, 11) is 0. The number of amides is 8. The summed E-state index contributed by atoms with van der Waals surface area (Å²) in [6.07, 6.45) is 2.61. The molecule has 93 heavy (non-hydrogen) atoms. The number of hydrogen-bond acceptors (Lipinski definition) is 18. The maximum atomic E-state index is 14.7. The highest BCUT2D eigenvalue weighted by Crippen LogP contribution is 2.14. The van der Waals surface area contributed by atoms with E-state index in [1.54, 1.807) is 13.8 Å². The van der Waals surface area contributed by atoms with E-state index in [1.165, 1.54) is 0 Å². The van der Waals surface area contributed by atoms with Crippen molar-refractivity contribution in [3.63, 3.8) is 0 Å². The highest BCUT2D eigenvalue weighted by Gasteiger charge is 2.36. The van der Waals surface area contributed by atoms with Crippen LogP contribution >= 0.6 is 0 Å². The van der Waals surface area contributed by atoms with Crippen LogP contribution in [0.2, 0.25) is 0 Å². The molecule has 0 aliphatic rings. The fraction of sp³-hybridized carbons (Fsp3) is 0.722. The smallest absolute Gasteiger partial charge is 0.326 e. The van der Waals surface area contributed by atoms with Crippen LogP contribution in [0.5, 0.6) is 0 Å². The van der Waals surface area contributed by atoms with Crippen LogP contribution in [-0.4, -0.2) is 201 Å². The number of nitrogens with one attached hydrogen (secondary N) is 8. The lowest BCUT2D eigenvalue weighted by Crippen LogP contribution is -2.61. The van der Waals surface area contributed by atoms with Gasteiger partial charge in [0.25, 0.3) is 0 Å². The quantitative estimate of drug-likeness (QED) is 0.0153. The maximum absolute atomic E-state index is 14.7. The van der Waals surface area contributed by atoms with Crippen LogP contribution in [0.15, 0.2) is 30.0 Å². The second kappa shape index (κ2) is 48.5. The zero-order valence-corrected chi connectivity index (χ0v) is 53.8. The predicted octanol–water partition coefficient (Wildman–Crippen LogP) is -9.10. The topological polar surface area (TPSA) is 735 Å². The SMILES string of the molecule is CC[C@H](C)[C@H](NC(=O)[C@@H](CCCN=C(N)N)NC(=O)[C@H](CCCN=C(N)N)NC(=O)[C@H](CCCCN)NC(=O)[C@H](CCCCN)NC(=O)[C@H](N)CCCN=C(N)N)C(=O)N[C@@H](CCCN=C(N)N)C(=O)N[C@@H](CCCN=C(N)N)C(=O)N[C@H](CCCN=C(N)N)C(=O)O. The van der Waals surface area contributed by atoms with Gasteiger partial charge in [0.05, 0.1) is 6.04 Å². The number of nitrogens with zero attached hydrogens (tertiary/aromatic N) is 6. The van der Waals surface area contributed by atoms with Gasteiger partial charge in [-0.1, -0.05) is 20.3 Å². The summed E-state index contributed by atoms with van der Waals surface area (Å²) in [6.45, 7) is 4.19. The summed E-state index contributed by atoms with van der Waals surface area (Å²) in [5, 5.41) is 31.3. The van der Waals surface area contributed by atoms with Crippen LogP contribution in [0.25, 0.3) is 0 Å². The Labute approximate surface area is 542 Å². The number of aliphatic imine (C=N–C) groups is 6. The molecule has 0 aliphatic carbocycles. The molecule has 0 aliphatic heterocycles.